The number of rotatable bonds is 1. The second kappa shape index (κ2) is 6.33. The van der Waals surface area contributed by atoms with Gasteiger partial charge in [-0.1, -0.05) is 44.6 Å². The van der Waals surface area contributed by atoms with E-state index in [9.17, 15) is 10.2 Å². The van der Waals surface area contributed by atoms with Crippen LogP contribution in [-0.2, 0) is 0 Å². The molecule has 2 rings (SSSR count). The zero-order valence-corrected chi connectivity index (χ0v) is 13.7. The molecule has 0 aromatic heterocycles. The Kier molecular flexibility index (Phi) is 4.90. The molecular formula is C19H28O2. The molecule has 2 heteroatoms. The lowest BCUT2D eigenvalue weighted by molar-refractivity contribution is -0.0708. The molecule has 1 aliphatic rings. The maximum Gasteiger partial charge on any atom is 0.108 e. The van der Waals surface area contributed by atoms with E-state index >= 15 is 0 Å². The van der Waals surface area contributed by atoms with Crippen molar-refractivity contribution >= 4 is 6.08 Å². The molecule has 0 bridgehead atoms. The van der Waals surface area contributed by atoms with Gasteiger partial charge in [0.2, 0.25) is 0 Å². The van der Waals surface area contributed by atoms with Gasteiger partial charge < -0.3 is 10.2 Å². The lowest BCUT2D eigenvalue weighted by Gasteiger charge is -2.33. The number of aliphatic hydroxyl groups is 2. The fourth-order valence-electron chi connectivity index (χ4n) is 3.19. The molecule has 0 saturated carbocycles. The molecule has 1 aromatic rings. The van der Waals surface area contributed by atoms with E-state index in [4.69, 9.17) is 0 Å². The predicted molar refractivity (Wildman–Crippen MR) is 88.4 cm³/mol. The zero-order valence-electron chi connectivity index (χ0n) is 13.7. The highest BCUT2D eigenvalue weighted by atomic mass is 16.3. The van der Waals surface area contributed by atoms with Gasteiger partial charge in [-0.25, -0.2) is 0 Å². The molecule has 2 N–H and O–H groups in total. The van der Waals surface area contributed by atoms with Crippen molar-refractivity contribution < 1.29 is 10.2 Å². The standard InChI is InChI=1S/C19H28O2/c1-13(2)15-11-10-14(3)16-9-7-5-6-8-12-19(4,21)18(20)17(15)16/h7,9-11,13,18,20-21H,5-6,8,12H2,1-4H3/b9-7-/t18-,19-/m0/s1. The molecule has 0 amide bonds. The molecule has 116 valence electrons. The van der Waals surface area contributed by atoms with Crippen molar-refractivity contribution in [3.05, 3.63) is 40.5 Å². The topological polar surface area (TPSA) is 40.5 Å². The third-order valence-corrected chi connectivity index (χ3v) is 4.61. The Morgan fingerprint density at radius 2 is 1.95 bits per heavy atom. The van der Waals surface area contributed by atoms with Crippen LogP contribution in [0, 0.1) is 6.92 Å². The molecule has 21 heavy (non-hydrogen) atoms. The van der Waals surface area contributed by atoms with E-state index in [2.05, 4.69) is 45.1 Å². The summed E-state index contributed by atoms with van der Waals surface area (Å²) >= 11 is 0. The first-order valence-corrected chi connectivity index (χ1v) is 8.05. The fraction of sp³-hybridized carbons (Fsp3) is 0.579. The highest BCUT2D eigenvalue weighted by molar-refractivity contribution is 5.61. The Morgan fingerprint density at radius 1 is 1.24 bits per heavy atom. The molecule has 0 aliphatic heterocycles. The van der Waals surface area contributed by atoms with Gasteiger partial charge in [-0.05, 0) is 61.3 Å². The van der Waals surface area contributed by atoms with Crippen LogP contribution in [0.3, 0.4) is 0 Å². The molecule has 1 aromatic carbocycles. The first kappa shape index (κ1) is 16.3. The number of aryl methyl sites for hydroxylation is 1. The van der Waals surface area contributed by atoms with E-state index in [1.807, 2.05) is 0 Å². The summed E-state index contributed by atoms with van der Waals surface area (Å²) in [6.45, 7) is 8.10. The highest BCUT2D eigenvalue weighted by Gasteiger charge is 2.34. The summed E-state index contributed by atoms with van der Waals surface area (Å²) in [4.78, 5) is 0. The monoisotopic (exact) mass is 288 g/mol. The molecule has 0 saturated heterocycles. The number of fused-ring (bicyclic) bond motifs is 1. The molecule has 2 atom stereocenters. The molecule has 0 spiro atoms. The number of hydrogen-bond donors (Lipinski definition) is 2. The number of allylic oxidation sites excluding steroid dienone is 1. The average Bonchev–Trinajstić information content (AvgIpc) is 2.41. The van der Waals surface area contributed by atoms with E-state index in [-0.39, 0.29) is 0 Å². The summed E-state index contributed by atoms with van der Waals surface area (Å²) in [5, 5.41) is 21.6. The van der Waals surface area contributed by atoms with Gasteiger partial charge in [-0.3, -0.25) is 0 Å². The van der Waals surface area contributed by atoms with Gasteiger partial charge in [0.05, 0.1) is 5.60 Å². The minimum absolute atomic E-state index is 0.321. The summed E-state index contributed by atoms with van der Waals surface area (Å²) in [7, 11) is 0. The molecule has 1 aliphatic carbocycles. The van der Waals surface area contributed by atoms with Gasteiger partial charge in [0.1, 0.15) is 6.10 Å². The first-order valence-electron chi connectivity index (χ1n) is 8.05. The largest absolute Gasteiger partial charge is 0.387 e. The Hall–Kier alpha value is -1.12. The van der Waals surface area contributed by atoms with E-state index < -0.39 is 11.7 Å². The smallest absolute Gasteiger partial charge is 0.108 e. The van der Waals surface area contributed by atoms with Crippen LogP contribution in [0.1, 0.15) is 80.7 Å². The molecule has 2 nitrogen and oxygen atoms in total. The third kappa shape index (κ3) is 3.38. The van der Waals surface area contributed by atoms with E-state index in [0.717, 1.165) is 41.5 Å². The predicted octanol–water partition coefficient (Wildman–Crippen LogP) is 4.49. The summed E-state index contributed by atoms with van der Waals surface area (Å²) in [6.07, 6.45) is 7.13. The van der Waals surface area contributed by atoms with Gasteiger partial charge >= 0.3 is 0 Å². The maximum atomic E-state index is 10.9. The van der Waals surface area contributed by atoms with Gasteiger partial charge in [0.15, 0.2) is 0 Å². The first-order chi connectivity index (χ1) is 9.84. The van der Waals surface area contributed by atoms with Crippen molar-refractivity contribution in [3.63, 3.8) is 0 Å². The van der Waals surface area contributed by atoms with Gasteiger partial charge in [0, 0.05) is 0 Å². The minimum atomic E-state index is -1.07. The van der Waals surface area contributed by atoms with Crippen molar-refractivity contribution in [1.82, 2.24) is 0 Å². The molecular weight excluding hydrogens is 260 g/mol. The summed E-state index contributed by atoms with van der Waals surface area (Å²) < 4.78 is 0. The normalized spacial score (nSPS) is 28.2. The Morgan fingerprint density at radius 3 is 2.62 bits per heavy atom. The van der Waals surface area contributed by atoms with Gasteiger partial charge in [0.25, 0.3) is 0 Å². The van der Waals surface area contributed by atoms with Crippen LogP contribution in [-0.4, -0.2) is 15.8 Å². The number of hydrogen-bond acceptors (Lipinski definition) is 2. The quantitative estimate of drug-likeness (QED) is 0.799. The SMILES string of the molecule is Cc1ccc(C(C)C)c2c1/C=C\CCCC[C@](C)(O)[C@H]2O. The van der Waals surface area contributed by atoms with Crippen molar-refractivity contribution in [2.24, 2.45) is 0 Å². The lowest BCUT2D eigenvalue weighted by Crippen LogP contribution is -2.34. The lowest BCUT2D eigenvalue weighted by atomic mass is 9.79. The third-order valence-electron chi connectivity index (χ3n) is 4.61. The molecule has 0 fully saturated rings. The van der Waals surface area contributed by atoms with Crippen molar-refractivity contribution in [2.45, 2.75) is 71.0 Å². The highest BCUT2D eigenvalue weighted by Crippen LogP contribution is 2.39. The molecule has 0 radical (unpaired) electrons. The van der Waals surface area contributed by atoms with Crippen LogP contribution in [0.5, 0.6) is 0 Å². The minimum Gasteiger partial charge on any atom is -0.387 e. The molecule has 0 unspecified atom stereocenters. The van der Waals surface area contributed by atoms with Crippen LogP contribution in [0.25, 0.3) is 6.08 Å². The number of aliphatic hydroxyl groups excluding tert-OH is 1. The summed E-state index contributed by atoms with van der Waals surface area (Å²) in [5.41, 5.74) is 3.20. The van der Waals surface area contributed by atoms with Crippen LogP contribution in [0.4, 0.5) is 0 Å². The van der Waals surface area contributed by atoms with E-state index in [1.165, 1.54) is 0 Å². The van der Waals surface area contributed by atoms with Gasteiger partial charge in [-0.15, -0.1) is 0 Å². The van der Waals surface area contributed by atoms with E-state index in [0.29, 0.717) is 12.3 Å². The average molecular weight is 288 g/mol. The fourth-order valence-corrected chi connectivity index (χ4v) is 3.19. The van der Waals surface area contributed by atoms with Crippen molar-refractivity contribution in [2.75, 3.05) is 0 Å². The zero-order chi connectivity index (χ0) is 15.6. The van der Waals surface area contributed by atoms with Gasteiger partial charge in [-0.2, -0.15) is 0 Å². The van der Waals surface area contributed by atoms with Crippen LogP contribution in [0.2, 0.25) is 0 Å². The Labute approximate surface area is 128 Å². The Bertz CT molecular complexity index is 527. The molecule has 0 heterocycles. The second-order valence-electron chi connectivity index (χ2n) is 6.86. The summed E-state index contributed by atoms with van der Waals surface area (Å²) in [5.74, 6) is 0.321. The van der Waals surface area contributed by atoms with Crippen molar-refractivity contribution in [3.8, 4) is 0 Å². The van der Waals surface area contributed by atoms with Crippen LogP contribution < -0.4 is 0 Å². The van der Waals surface area contributed by atoms with Crippen LogP contribution >= 0.6 is 0 Å². The van der Waals surface area contributed by atoms with Crippen LogP contribution in [0.15, 0.2) is 18.2 Å². The van der Waals surface area contributed by atoms with E-state index in [1.54, 1.807) is 6.92 Å². The van der Waals surface area contributed by atoms with Crippen molar-refractivity contribution in [1.29, 1.82) is 0 Å². The second-order valence-corrected chi connectivity index (χ2v) is 6.86. The number of benzene rings is 1. The maximum absolute atomic E-state index is 10.9. The summed E-state index contributed by atoms with van der Waals surface area (Å²) in [6, 6.07) is 4.21. The Balaban J connectivity index is 2.67.